The van der Waals surface area contributed by atoms with Crippen molar-refractivity contribution in [3.05, 3.63) is 11.6 Å². The monoisotopic (exact) mass is 222 g/mol. The minimum atomic E-state index is 0.279. The van der Waals surface area contributed by atoms with Gasteiger partial charge in [0.15, 0.2) is 0 Å². The summed E-state index contributed by atoms with van der Waals surface area (Å²) in [5, 5.41) is 7.67. The van der Waals surface area contributed by atoms with E-state index in [0.717, 1.165) is 18.4 Å². The SMILES string of the molecule is CCOC(=N)C1=CCC(CC(C)(C)C)=NC1. The molecular weight excluding hydrogens is 200 g/mol. The third-order valence-corrected chi connectivity index (χ3v) is 2.37. The summed E-state index contributed by atoms with van der Waals surface area (Å²) in [6.07, 6.45) is 3.97. The van der Waals surface area contributed by atoms with E-state index in [-0.39, 0.29) is 11.3 Å². The number of hydrogen-bond donors (Lipinski definition) is 1. The van der Waals surface area contributed by atoms with Crippen molar-refractivity contribution < 1.29 is 4.74 Å². The standard InChI is InChI=1S/C13H22N2O/c1-5-16-12(14)10-6-7-11(15-9-10)8-13(2,3)4/h6,14H,5,7-9H2,1-4H3. The fourth-order valence-electron chi connectivity index (χ4n) is 1.71. The average molecular weight is 222 g/mol. The van der Waals surface area contributed by atoms with Crippen LogP contribution in [0.2, 0.25) is 0 Å². The number of allylic oxidation sites excluding steroid dienone is 1. The molecular formula is C13H22N2O. The highest BCUT2D eigenvalue weighted by Gasteiger charge is 2.17. The van der Waals surface area contributed by atoms with Crippen molar-refractivity contribution in [2.75, 3.05) is 13.2 Å². The molecule has 0 spiro atoms. The fourth-order valence-corrected chi connectivity index (χ4v) is 1.71. The van der Waals surface area contributed by atoms with E-state index in [1.165, 1.54) is 5.71 Å². The molecule has 0 saturated carbocycles. The summed E-state index contributed by atoms with van der Waals surface area (Å²) in [4.78, 5) is 4.53. The zero-order chi connectivity index (χ0) is 12.2. The van der Waals surface area contributed by atoms with E-state index in [9.17, 15) is 0 Å². The predicted octanol–water partition coefficient (Wildman–Crippen LogP) is 3.21. The van der Waals surface area contributed by atoms with E-state index in [2.05, 4.69) is 31.8 Å². The summed E-state index contributed by atoms with van der Waals surface area (Å²) >= 11 is 0. The first kappa shape index (κ1) is 12.9. The van der Waals surface area contributed by atoms with Gasteiger partial charge in [-0.1, -0.05) is 26.8 Å². The maximum Gasteiger partial charge on any atom is 0.210 e. The number of aliphatic imine (C=N–C) groups is 1. The van der Waals surface area contributed by atoms with Gasteiger partial charge in [-0.3, -0.25) is 10.4 Å². The molecule has 1 aliphatic rings. The van der Waals surface area contributed by atoms with Gasteiger partial charge in [0.1, 0.15) is 0 Å². The second-order valence-electron chi connectivity index (χ2n) is 5.32. The summed E-state index contributed by atoms with van der Waals surface area (Å²) in [6.45, 7) is 9.70. The van der Waals surface area contributed by atoms with Crippen LogP contribution >= 0.6 is 0 Å². The van der Waals surface area contributed by atoms with Gasteiger partial charge in [-0.2, -0.15) is 0 Å². The lowest BCUT2D eigenvalue weighted by molar-refractivity contribution is 0.324. The molecule has 0 fully saturated rings. The number of hydrogen-bond acceptors (Lipinski definition) is 3. The normalized spacial score (nSPS) is 16.5. The predicted molar refractivity (Wildman–Crippen MR) is 68.4 cm³/mol. The molecule has 0 aromatic rings. The first-order valence-corrected chi connectivity index (χ1v) is 5.85. The smallest absolute Gasteiger partial charge is 0.210 e. The van der Waals surface area contributed by atoms with Gasteiger partial charge in [-0.15, -0.1) is 0 Å². The van der Waals surface area contributed by atoms with Crippen LogP contribution in [0, 0.1) is 10.8 Å². The molecule has 0 unspecified atom stereocenters. The molecule has 0 aliphatic carbocycles. The second kappa shape index (κ2) is 5.28. The van der Waals surface area contributed by atoms with Crippen molar-refractivity contribution in [1.82, 2.24) is 0 Å². The van der Waals surface area contributed by atoms with Crippen molar-refractivity contribution >= 4 is 11.6 Å². The minimum absolute atomic E-state index is 0.279. The molecule has 0 amide bonds. The third-order valence-electron chi connectivity index (χ3n) is 2.37. The van der Waals surface area contributed by atoms with E-state index in [1.807, 2.05) is 6.92 Å². The van der Waals surface area contributed by atoms with Gasteiger partial charge in [-0.05, 0) is 18.8 Å². The molecule has 1 rings (SSSR count). The van der Waals surface area contributed by atoms with Crippen LogP contribution in [0.5, 0.6) is 0 Å². The van der Waals surface area contributed by atoms with Gasteiger partial charge in [0.2, 0.25) is 5.90 Å². The topological polar surface area (TPSA) is 45.4 Å². The third kappa shape index (κ3) is 4.17. The highest BCUT2D eigenvalue weighted by molar-refractivity contribution is 5.96. The maximum atomic E-state index is 7.67. The zero-order valence-electron chi connectivity index (χ0n) is 10.8. The zero-order valence-corrected chi connectivity index (χ0v) is 10.8. The van der Waals surface area contributed by atoms with Gasteiger partial charge < -0.3 is 4.74 Å². The molecule has 1 heterocycles. The van der Waals surface area contributed by atoms with E-state index in [1.54, 1.807) is 0 Å². The van der Waals surface area contributed by atoms with Crippen LogP contribution in [0.1, 0.15) is 40.5 Å². The number of nitrogens with zero attached hydrogens (tertiary/aromatic N) is 1. The number of dihydropyridines is 1. The first-order valence-electron chi connectivity index (χ1n) is 5.85. The maximum absolute atomic E-state index is 7.67. The lowest BCUT2D eigenvalue weighted by atomic mass is 9.88. The fraction of sp³-hybridized carbons (Fsp3) is 0.692. The number of nitrogens with one attached hydrogen (secondary N) is 1. The Kier molecular flexibility index (Phi) is 4.27. The Hall–Kier alpha value is -1.12. The second-order valence-corrected chi connectivity index (χ2v) is 5.32. The van der Waals surface area contributed by atoms with Gasteiger partial charge >= 0.3 is 0 Å². The molecule has 1 N–H and O–H groups in total. The Morgan fingerprint density at radius 2 is 2.19 bits per heavy atom. The summed E-state index contributed by atoms with van der Waals surface area (Å²) in [7, 11) is 0. The van der Waals surface area contributed by atoms with E-state index >= 15 is 0 Å². The molecule has 90 valence electrons. The largest absolute Gasteiger partial charge is 0.478 e. The van der Waals surface area contributed by atoms with Crippen molar-refractivity contribution in [1.29, 1.82) is 5.41 Å². The number of rotatable bonds is 3. The Labute approximate surface area is 98.1 Å². The lowest BCUT2D eigenvalue weighted by Gasteiger charge is -2.21. The molecule has 3 heteroatoms. The molecule has 16 heavy (non-hydrogen) atoms. The summed E-state index contributed by atoms with van der Waals surface area (Å²) in [5.74, 6) is 0.279. The Balaban J connectivity index is 2.50. The Bertz CT molecular complexity index is 321. The van der Waals surface area contributed by atoms with Crippen LogP contribution in [0.3, 0.4) is 0 Å². The van der Waals surface area contributed by atoms with Gasteiger partial charge in [-0.25, -0.2) is 0 Å². The van der Waals surface area contributed by atoms with Crippen LogP contribution < -0.4 is 0 Å². The van der Waals surface area contributed by atoms with Crippen molar-refractivity contribution in [2.24, 2.45) is 10.4 Å². The quantitative estimate of drug-likeness (QED) is 0.578. The van der Waals surface area contributed by atoms with Gasteiger partial charge in [0.05, 0.1) is 13.2 Å². The molecule has 0 bridgehead atoms. The van der Waals surface area contributed by atoms with Crippen molar-refractivity contribution in [3.8, 4) is 0 Å². The number of ether oxygens (including phenoxy) is 1. The van der Waals surface area contributed by atoms with Crippen molar-refractivity contribution in [2.45, 2.75) is 40.5 Å². The summed E-state index contributed by atoms with van der Waals surface area (Å²) in [6, 6.07) is 0. The van der Waals surface area contributed by atoms with E-state index in [4.69, 9.17) is 10.1 Å². The molecule has 1 aliphatic heterocycles. The highest BCUT2D eigenvalue weighted by Crippen LogP contribution is 2.22. The Morgan fingerprint density at radius 1 is 1.50 bits per heavy atom. The molecule has 0 aromatic carbocycles. The van der Waals surface area contributed by atoms with Crippen molar-refractivity contribution in [3.63, 3.8) is 0 Å². The summed E-state index contributed by atoms with van der Waals surface area (Å²) < 4.78 is 5.16. The van der Waals surface area contributed by atoms with E-state index < -0.39 is 0 Å². The molecule has 0 radical (unpaired) electrons. The summed E-state index contributed by atoms with van der Waals surface area (Å²) in [5.41, 5.74) is 2.44. The average Bonchev–Trinajstić information content (AvgIpc) is 2.16. The van der Waals surface area contributed by atoms with Crippen LogP contribution in [0.25, 0.3) is 0 Å². The van der Waals surface area contributed by atoms with Crippen LogP contribution in [0.15, 0.2) is 16.6 Å². The Morgan fingerprint density at radius 3 is 2.62 bits per heavy atom. The minimum Gasteiger partial charge on any atom is -0.478 e. The first-order chi connectivity index (χ1) is 7.42. The van der Waals surface area contributed by atoms with Crippen LogP contribution in [0.4, 0.5) is 0 Å². The molecule has 0 saturated heterocycles. The molecule has 0 atom stereocenters. The molecule has 0 aromatic heterocycles. The van der Waals surface area contributed by atoms with E-state index in [0.29, 0.717) is 13.2 Å². The van der Waals surface area contributed by atoms with Gasteiger partial charge in [0.25, 0.3) is 0 Å². The van der Waals surface area contributed by atoms with Crippen LogP contribution in [-0.4, -0.2) is 24.8 Å². The molecule has 3 nitrogen and oxygen atoms in total. The van der Waals surface area contributed by atoms with Gasteiger partial charge in [0, 0.05) is 17.7 Å². The highest BCUT2D eigenvalue weighted by atomic mass is 16.5. The lowest BCUT2D eigenvalue weighted by Crippen LogP contribution is -2.18. The van der Waals surface area contributed by atoms with Crippen LogP contribution in [-0.2, 0) is 4.74 Å².